The summed E-state index contributed by atoms with van der Waals surface area (Å²) in [4.78, 5) is 56.4. The Balaban J connectivity index is 1.05. The molecule has 2 saturated heterocycles. The highest BCUT2D eigenvalue weighted by Gasteiger charge is 2.62. The summed E-state index contributed by atoms with van der Waals surface area (Å²) >= 11 is 0. The molecule has 6 heteroatoms. The third kappa shape index (κ3) is 3.53. The number of hydrogen-bond donors (Lipinski definition) is 0. The van der Waals surface area contributed by atoms with Gasteiger partial charge in [0.2, 0.25) is 23.6 Å². The molecule has 4 amide bonds. The third-order valence-electron chi connectivity index (χ3n) is 10.3. The Hall–Kier alpha value is -3.54. The van der Waals surface area contributed by atoms with Crippen molar-refractivity contribution >= 4 is 23.6 Å². The van der Waals surface area contributed by atoms with Crippen molar-refractivity contribution < 1.29 is 19.2 Å². The van der Waals surface area contributed by atoms with Crippen molar-refractivity contribution in [1.82, 2.24) is 9.80 Å². The molecule has 200 valence electrons. The van der Waals surface area contributed by atoms with Crippen molar-refractivity contribution in [3.8, 4) is 0 Å². The van der Waals surface area contributed by atoms with Gasteiger partial charge in [-0.1, -0.05) is 59.7 Å². The maximum Gasteiger partial charge on any atom is 0.234 e. The van der Waals surface area contributed by atoms with E-state index in [4.69, 9.17) is 0 Å². The Morgan fingerprint density at radius 2 is 1.23 bits per heavy atom. The van der Waals surface area contributed by atoms with Gasteiger partial charge in [0, 0.05) is 0 Å². The van der Waals surface area contributed by atoms with Crippen LogP contribution in [0.3, 0.4) is 0 Å². The zero-order valence-corrected chi connectivity index (χ0v) is 22.1. The molecule has 1 aromatic carbocycles. The standard InChI is InChI=1S/C33H34N2O4/c1-3-5-10-21-13-23-15-25(21)29-27(23)31(37)35(33(29)39)17-19-9-6-8-18(11-19)16-34-30(36)26-22-12-20(7-4-2)24(14-22)28(26)32(34)38/h3-4,6,8-9,11-13,22-29H,1-2,5,7,10,14-17H2. The molecule has 0 spiro atoms. The molecule has 6 aliphatic rings. The van der Waals surface area contributed by atoms with Gasteiger partial charge in [-0.3, -0.25) is 29.0 Å². The van der Waals surface area contributed by atoms with Gasteiger partial charge in [-0.2, -0.15) is 0 Å². The average Bonchev–Trinajstić information content (AvgIpc) is 3.76. The fraction of sp³-hybridized carbons (Fsp3) is 0.455. The highest BCUT2D eigenvalue weighted by molar-refractivity contribution is 6.07. The summed E-state index contributed by atoms with van der Waals surface area (Å²) < 4.78 is 0. The number of amides is 4. The second-order valence-electron chi connectivity index (χ2n) is 12.3. The van der Waals surface area contributed by atoms with E-state index in [1.807, 2.05) is 36.4 Å². The largest absolute Gasteiger partial charge is 0.278 e. The van der Waals surface area contributed by atoms with Crippen LogP contribution >= 0.6 is 0 Å². The van der Waals surface area contributed by atoms with Crippen molar-refractivity contribution in [3.63, 3.8) is 0 Å². The first-order valence-electron chi connectivity index (χ1n) is 14.3. The first-order valence-corrected chi connectivity index (χ1v) is 14.3. The number of likely N-dealkylation sites (tertiary alicyclic amines) is 2. The maximum absolute atomic E-state index is 13.5. The summed E-state index contributed by atoms with van der Waals surface area (Å²) in [6.45, 7) is 8.11. The molecule has 2 aliphatic heterocycles. The molecule has 2 heterocycles. The lowest BCUT2D eigenvalue weighted by Gasteiger charge is -2.21. The highest BCUT2D eigenvalue weighted by Crippen LogP contribution is 2.57. The molecule has 7 rings (SSSR count). The number of rotatable bonds is 9. The van der Waals surface area contributed by atoms with Crippen LogP contribution in [0.4, 0.5) is 0 Å². The van der Waals surface area contributed by atoms with Crippen LogP contribution in [-0.4, -0.2) is 33.4 Å². The topological polar surface area (TPSA) is 74.8 Å². The first kappa shape index (κ1) is 24.5. The molecule has 0 radical (unpaired) electrons. The zero-order valence-electron chi connectivity index (χ0n) is 22.1. The van der Waals surface area contributed by atoms with Crippen LogP contribution in [0.1, 0.15) is 43.2 Å². The van der Waals surface area contributed by atoms with Gasteiger partial charge in [0.25, 0.3) is 0 Å². The van der Waals surface area contributed by atoms with Crippen LogP contribution in [0.25, 0.3) is 0 Å². The first-order chi connectivity index (χ1) is 18.9. The SMILES string of the molecule is C=CCCC1=CC2CC1C1C(=O)N(Cc3cccc(CN4C(=O)C5C6C=C(CC=C)C(C6)C5C4=O)c3)C(=O)C21. The molecule has 4 aliphatic carbocycles. The monoisotopic (exact) mass is 522 g/mol. The fourth-order valence-electron chi connectivity index (χ4n) is 8.80. The highest BCUT2D eigenvalue weighted by atomic mass is 16.2. The second kappa shape index (κ2) is 9.00. The Labute approximate surface area is 229 Å². The van der Waals surface area contributed by atoms with E-state index in [0.29, 0.717) is 0 Å². The molecule has 0 N–H and O–H groups in total. The smallest absolute Gasteiger partial charge is 0.234 e. The molecule has 0 aromatic heterocycles. The van der Waals surface area contributed by atoms with E-state index >= 15 is 0 Å². The van der Waals surface area contributed by atoms with E-state index in [-0.39, 0.29) is 84.1 Å². The van der Waals surface area contributed by atoms with Crippen LogP contribution in [0.15, 0.2) is 72.9 Å². The van der Waals surface area contributed by atoms with Crippen LogP contribution < -0.4 is 0 Å². The minimum Gasteiger partial charge on any atom is -0.278 e. The number of carbonyl (C=O) groups is 4. The molecule has 8 unspecified atom stereocenters. The van der Waals surface area contributed by atoms with Gasteiger partial charge >= 0.3 is 0 Å². The van der Waals surface area contributed by atoms with Crippen LogP contribution in [0, 0.1) is 47.3 Å². The Morgan fingerprint density at radius 1 is 0.718 bits per heavy atom. The number of allylic oxidation sites excluding steroid dienone is 6. The molecule has 2 saturated carbocycles. The van der Waals surface area contributed by atoms with E-state index in [1.54, 1.807) is 0 Å². The van der Waals surface area contributed by atoms with Crippen LogP contribution in [0.2, 0.25) is 0 Å². The van der Waals surface area contributed by atoms with E-state index in [0.717, 1.165) is 43.2 Å². The van der Waals surface area contributed by atoms with Crippen LogP contribution in [-0.2, 0) is 32.3 Å². The lowest BCUT2D eigenvalue weighted by atomic mass is 9.80. The summed E-state index contributed by atoms with van der Waals surface area (Å²) in [5.41, 5.74) is 4.25. The summed E-state index contributed by atoms with van der Waals surface area (Å²) in [7, 11) is 0. The molecule has 39 heavy (non-hydrogen) atoms. The third-order valence-corrected chi connectivity index (χ3v) is 10.3. The molecule has 8 atom stereocenters. The number of fused-ring (bicyclic) bond motifs is 10. The van der Waals surface area contributed by atoms with Crippen molar-refractivity contribution in [1.29, 1.82) is 0 Å². The van der Waals surface area contributed by atoms with Gasteiger partial charge in [0.15, 0.2) is 0 Å². The molecular weight excluding hydrogens is 488 g/mol. The molecule has 4 bridgehead atoms. The fourth-order valence-corrected chi connectivity index (χ4v) is 8.80. The summed E-state index contributed by atoms with van der Waals surface area (Å²) in [6.07, 6.45) is 12.6. The van der Waals surface area contributed by atoms with Crippen molar-refractivity contribution in [2.45, 2.75) is 45.2 Å². The van der Waals surface area contributed by atoms with Gasteiger partial charge in [-0.25, -0.2) is 0 Å². The van der Waals surface area contributed by atoms with Crippen molar-refractivity contribution in [2.75, 3.05) is 0 Å². The molecule has 6 nitrogen and oxygen atoms in total. The van der Waals surface area contributed by atoms with Crippen LogP contribution in [0.5, 0.6) is 0 Å². The summed E-state index contributed by atoms with van der Waals surface area (Å²) in [5.74, 6) is -0.541. The number of hydrogen-bond acceptors (Lipinski definition) is 4. The predicted molar refractivity (Wildman–Crippen MR) is 145 cm³/mol. The Kier molecular flexibility index (Phi) is 5.66. The Morgan fingerprint density at radius 3 is 1.77 bits per heavy atom. The van der Waals surface area contributed by atoms with E-state index in [9.17, 15) is 19.2 Å². The zero-order chi connectivity index (χ0) is 27.0. The number of nitrogens with zero attached hydrogens (tertiary/aromatic N) is 2. The van der Waals surface area contributed by atoms with E-state index < -0.39 is 0 Å². The normalized spacial score (nSPS) is 35.6. The van der Waals surface area contributed by atoms with Crippen molar-refractivity contribution in [2.24, 2.45) is 47.3 Å². The van der Waals surface area contributed by atoms with Gasteiger partial charge < -0.3 is 0 Å². The summed E-state index contributed by atoms with van der Waals surface area (Å²) in [5, 5.41) is 0. The molecule has 1 aromatic rings. The second-order valence-corrected chi connectivity index (χ2v) is 12.3. The van der Waals surface area contributed by atoms with Gasteiger partial charge in [0.1, 0.15) is 0 Å². The average molecular weight is 523 g/mol. The quantitative estimate of drug-likeness (QED) is 0.351. The van der Waals surface area contributed by atoms with E-state index in [1.165, 1.54) is 20.9 Å². The number of benzene rings is 1. The number of carbonyl (C=O) groups excluding carboxylic acids is 4. The minimum atomic E-state index is -0.245. The lowest BCUT2D eigenvalue weighted by Crippen LogP contribution is -2.33. The van der Waals surface area contributed by atoms with Crippen molar-refractivity contribution in [3.05, 3.63) is 84.0 Å². The van der Waals surface area contributed by atoms with Gasteiger partial charge in [0.05, 0.1) is 36.8 Å². The summed E-state index contributed by atoms with van der Waals surface area (Å²) in [6, 6.07) is 7.64. The predicted octanol–water partition coefficient (Wildman–Crippen LogP) is 4.58. The molecule has 4 fully saturated rings. The molecular formula is C33H34N2O4. The van der Waals surface area contributed by atoms with Gasteiger partial charge in [-0.15, -0.1) is 13.2 Å². The maximum atomic E-state index is 13.5. The number of imide groups is 2. The van der Waals surface area contributed by atoms with Gasteiger partial charge in [-0.05, 0) is 66.9 Å². The Bertz CT molecular complexity index is 1390. The van der Waals surface area contributed by atoms with E-state index in [2.05, 4.69) is 25.3 Å². The lowest BCUT2D eigenvalue weighted by molar-refractivity contribution is -0.142. The minimum absolute atomic E-state index is 0.0527.